The Balaban J connectivity index is 2.53. The van der Waals surface area contributed by atoms with Crippen molar-refractivity contribution in [2.45, 2.75) is 19.3 Å². The summed E-state index contributed by atoms with van der Waals surface area (Å²) in [5, 5.41) is 11.0. The van der Waals surface area contributed by atoms with Crippen molar-refractivity contribution in [3.8, 4) is 0 Å². The van der Waals surface area contributed by atoms with E-state index in [-0.39, 0.29) is 21.2 Å². The molecule has 2 N–H and O–H groups in total. The van der Waals surface area contributed by atoms with Crippen LogP contribution in [0.1, 0.15) is 29.8 Å². The summed E-state index contributed by atoms with van der Waals surface area (Å²) in [4.78, 5) is 47.8. The van der Waals surface area contributed by atoms with Crippen LogP contribution >= 0.6 is 23.2 Å². The average molecular weight is 358 g/mol. The van der Waals surface area contributed by atoms with Crippen LogP contribution in [0.25, 0.3) is 0 Å². The lowest BCUT2D eigenvalue weighted by atomic mass is 9.66. The van der Waals surface area contributed by atoms with Crippen molar-refractivity contribution in [3.63, 3.8) is 0 Å². The van der Waals surface area contributed by atoms with Gasteiger partial charge in [-0.3, -0.25) is 19.2 Å². The van der Waals surface area contributed by atoms with Crippen LogP contribution in [-0.2, 0) is 19.8 Å². The van der Waals surface area contributed by atoms with Crippen LogP contribution in [0, 0.1) is 5.92 Å². The highest BCUT2D eigenvalue weighted by molar-refractivity contribution is 6.44. The minimum atomic E-state index is -1.60. The maximum atomic E-state index is 12.6. The summed E-state index contributed by atoms with van der Waals surface area (Å²) in [6.07, 6.45) is 0. The van der Waals surface area contributed by atoms with Crippen molar-refractivity contribution in [2.75, 3.05) is 6.54 Å². The summed E-state index contributed by atoms with van der Waals surface area (Å²) in [6.45, 7) is 2.41. The van der Waals surface area contributed by atoms with Gasteiger partial charge in [0.1, 0.15) is 6.54 Å². The molecule has 0 aromatic heterocycles. The van der Waals surface area contributed by atoms with Crippen LogP contribution in [0.15, 0.2) is 12.1 Å². The van der Waals surface area contributed by atoms with E-state index in [0.29, 0.717) is 0 Å². The minimum absolute atomic E-state index is 0.0975. The monoisotopic (exact) mass is 357 g/mol. The molecular formula is C15H13Cl2NO5. The highest BCUT2D eigenvalue weighted by atomic mass is 35.5. The number of fused-ring (bicyclic) bond motifs is 1. The fourth-order valence-electron chi connectivity index (χ4n) is 2.63. The quantitative estimate of drug-likeness (QED) is 0.804. The summed E-state index contributed by atoms with van der Waals surface area (Å²) in [7, 11) is 0. The lowest BCUT2D eigenvalue weighted by Gasteiger charge is -2.35. The van der Waals surface area contributed by atoms with Crippen LogP contribution in [0.5, 0.6) is 0 Å². The molecule has 6 nitrogen and oxygen atoms in total. The smallest absolute Gasteiger partial charge is 0.322 e. The van der Waals surface area contributed by atoms with E-state index in [1.165, 1.54) is 12.1 Å². The third-order valence-electron chi connectivity index (χ3n) is 3.80. The Morgan fingerprint density at radius 2 is 1.87 bits per heavy atom. The number of amides is 1. The molecule has 1 aliphatic rings. The first-order valence-electron chi connectivity index (χ1n) is 6.65. The Hall–Kier alpha value is -1.92. The largest absolute Gasteiger partial charge is 0.480 e. The number of carboxylic acid groups (broad SMARTS) is 1. The van der Waals surface area contributed by atoms with E-state index in [4.69, 9.17) is 28.3 Å². The van der Waals surface area contributed by atoms with Gasteiger partial charge in [0.2, 0.25) is 5.91 Å². The number of rotatable bonds is 3. The van der Waals surface area contributed by atoms with Gasteiger partial charge in [0.25, 0.3) is 0 Å². The predicted octanol–water partition coefficient (Wildman–Crippen LogP) is 1.85. The number of carbonyl (C=O) groups excluding carboxylic acids is 3. The number of nitrogens with one attached hydrogen (secondary N) is 1. The van der Waals surface area contributed by atoms with E-state index >= 15 is 0 Å². The molecule has 0 saturated heterocycles. The molecule has 1 amide bonds. The number of aliphatic carboxylic acids is 1. The summed E-state index contributed by atoms with van der Waals surface area (Å²) in [6, 6.07) is 2.83. The van der Waals surface area contributed by atoms with Crippen LogP contribution in [0.3, 0.4) is 0 Å². The van der Waals surface area contributed by atoms with Crippen molar-refractivity contribution in [2.24, 2.45) is 5.92 Å². The van der Waals surface area contributed by atoms with Gasteiger partial charge in [0.05, 0.1) is 15.5 Å². The molecular weight excluding hydrogens is 345 g/mol. The zero-order chi connectivity index (χ0) is 17.5. The third kappa shape index (κ3) is 2.84. The maximum absolute atomic E-state index is 12.6. The Morgan fingerprint density at radius 3 is 2.43 bits per heavy atom. The van der Waals surface area contributed by atoms with Gasteiger partial charge in [-0.1, -0.05) is 23.2 Å². The van der Waals surface area contributed by atoms with Gasteiger partial charge >= 0.3 is 5.97 Å². The highest BCUT2D eigenvalue weighted by Crippen LogP contribution is 2.43. The van der Waals surface area contributed by atoms with Crippen molar-refractivity contribution >= 4 is 46.6 Å². The molecule has 0 fully saturated rings. The van der Waals surface area contributed by atoms with E-state index in [1.807, 2.05) is 0 Å². The second kappa shape index (κ2) is 5.94. The zero-order valence-corrected chi connectivity index (χ0v) is 13.8. The Labute approximate surface area is 141 Å². The summed E-state index contributed by atoms with van der Waals surface area (Å²) in [5.74, 6) is -5.18. The van der Waals surface area contributed by atoms with E-state index in [9.17, 15) is 19.2 Å². The second-order valence-electron chi connectivity index (χ2n) is 5.68. The average Bonchev–Trinajstić information content (AvgIpc) is 2.46. The molecule has 1 unspecified atom stereocenters. The number of ketones is 2. The number of Topliss-reactive ketones (excluding diaryl/α,β-unsaturated/α-hetero) is 2. The fraction of sp³-hybridized carbons (Fsp3) is 0.333. The first kappa shape index (κ1) is 17.4. The van der Waals surface area contributed by atoms with Gasteiger partial charge in [0.15, 0.2) is 17.5 Å². The number of carbonyl (C=O) groups is 4. The highest BCUT2D eigenvalue weighted by Gasteiger charge is 2.50. The molecule has 0 spiro atoms. The van der Waals surface area contributed by atoms with Crippen molar-refractivity contribution in [3.05, 3.63) is 33.3 Å². The molecule has 1 aromatic carbocycles. The van der Waals surface area contributed by atoms with Crippen LogP contribution in [-0.4, -0.2) is 35.1 Å². The van der Waals surface area contributed by atoms with E-state index in [1.54, 1.807) is 13.8 Å². The van der Waals surface area contributed by atoms with Gasteiger partial charge in [-0.15, -0.1) is 0 Å². The second-order valence-corrected chi connectivity index (χ2v) is 6.47. The number of halogens is 2. The number of carboxylic acids is 1. The number of benzene rings is 1. The molecule has 1 aromatic rings. The van der Waals surface area contributed by atoms with Gasteiger partial charge in [-0.2, -0.15) is 0 Å². The molecule has 0 saturated carbocycles. The molecule has 1 aliphatic carbocycles. The van der Waals surface area contributed by atoms with E-state index < -0.39 is 41.3 Å². The van der Waals surface area contributed by atoms with E-state index in [0.717, 1.165) is 0 Å². The topological polar surface area (TPSA) is 101 Å². The number of hydrogen-bond donors (Lipinski definition) is 2. The van der Waals surface area contributed by atoms with Crippen molar-refractivity contribution in [1.29, 1.82) is 0 Å². The van der Waals surface area contributed by atoms with E-state index in [2.05, 4.69) is 5.32 Å². The molecule has 0 heterocycles. The minimum Gasteiger partial charge on any atom is -0.480 e. The molecule has 23 heavy (non-hydrogen) atoms. The molecule has 2 rings (SSSR count). The zero-order valence-electron chi connectivity index (χ0n) is 12.3. The third-order valence-corrected chi connectivity index (χ3v) is 4.61. The van der Waals surface area contributed by atoms with Gasteiger partial charge < -0.3 is 10.4 Å². The first-order chi connectivity index (χ1) is 10.6. The molecule has 122 valence electrons. The van der Waals surface area contributed by atoms with Gasteiger partial charge in [-0.05, 0) is 31.5 Å². The summed E-state index contributed by atoms with van der Waals surface area (Å²) >= 11 is 12.1. The molecule has 0 bridgehead atoms. The Kier molecular flexibility index (Phi) is 4.50. The lowest BCUT2D eigenvalue weighted by Crippen LogP contribution is -2.51. The first-order valence-corrected chi connectivity index (χ1v) is 7.41. The molecule has 0 radical (unpaired) electrons. The normalized spacial score (nSPS) is 19.2. The fourth-order valence-corrected chi connectivity index (χ4v) is 3.19. The van der Waals surface area contributed by atoms with Crippen molar-refractivity contribution in [1.82, 2.24) is 5.32 Å². The van der Waals surface area contributed by atoms with Gasteiger partial charge in [0, 0.05) is 5.56 Å². The maximum Gasteiger partial charge on any atom is 0.322 e. The lowest BCUT2D eigenvalue weighted by molar-refractivity contribution is -0.140. The van der Waals surface area contributed by atoms with Crippen LogP contribution in [0.4, 0.5) is 0 Å². The SMILES string of the molecule is CC1(C)C(=O)C(C(=O)NCC(=O)O)C(=O)c2ccc(Cl)c(Cl)c21. The summed E-state index contributed by atoms with van der Waals surface area (Å²) in [5.41, 5.74) is -0.792. The molecule has 0 aliphatic heterocycles. The summed E-state index contributed by atoms with van der Waals surface area (Å²) < 4.78 is 0. The van der Waals surface area contributed by atoms with Crippen LogP contribution in [0.2, 0.25) is 10.0 Å². The van der Waals surface area contributed by atoms with Gasteiger partial charge in [-0.25, -0.2) is 0 Å². The Morgan fingerprint density at radius 1 is 1.26 bits per heavy atom. The predicted molar refractivity (Wildman–Crippen MR) is 83.0 cm³/mol. The standard InChI is InChI=1S/C15H13Cl2NO5/c1-15(2)10-6(3-4-7(16)11(10)17)12(21)9(13(15)22)14(23)18-5-8(19)20/h3-4,9H,5H2,1-2H3,(H,18,23)(H,19,20). The van der Waals surface area contributed by atoms with Crippen molar-refractivity contribution < 1.29 is 24.3 Å². The molecule has 8 heteroatoms. The van der Waals surface area contributed by atoms with Crippen LogP contribution < -0.4 is 5.32 Å². The molecule has 1 atom stereocenters. The number of hydrogen-bond acceptors (Lipinski definition) is 4. The Bertz CT molecular complexity index is 742.